The molecule has 0 bridgehead atoms. The number of para-hydroxylation sites is 1. The third-order valence-electron chi connectivity index (χ3n) is 3.36. The fraction of sp³-hybridized carbons (Fsp3) is 0.550. The number of hydrogen-bond acceptors (Lipinski definition) is 2. The van der Waals surface area contributed by atoms with Crippen LogP contribution in [0, 0.1) is 6.92 Å². The number of unbranched alkanes of at least 4 members (excludes halogenated alkanes) is 1. The summed E-state index contributed by atoms with van der Waals surface area (Å²) in [5, 5.41) is 0. The third kappa shape index (κ3) is 7.65. The van der Waals surface area contributed by atoms with Crippen LogP contribution in [0.2, 0.25) is 0 Å². The van der Waals surface area contributed by atoms with E-state index in [-0.39, 0.29) is 5.60 Å². The Labute approximate surface area is 136 Å². The van der Waals surface area contributed by atoms with Crippen molar-refractivity contribution < 1.29 is 9.47 Å². The van der Waals surface area contributed by atoms with Crippen molar-refractivity contribution in [3.8, 4) is 5.75 Å². The summed E-state index contributed by atoms with van der Waals surface area (Å²) >= 11 is 0. The zero-order valence-corrected chi connectivity index (χ0v) is 14.4. The van der Waals surface area contributed by atoms with Crippen LogP contribution >= 0.6 is 0 Å². The van der Waals surface area contributed by atoms with Crippen LogP contribution in [0.5, 0.6) is 5.75 Å². The molecule has 0 aliphatic heterocycles. The Morgan fingerprint density at radius 3 is 2.68 bits per heavy atom. The fourth-order valence-electron chi connectivity index (χ4n) is 2.18. The minimum Gasteiger partial charge on any atom is -0.485 e. The van der Waals surface area contributed by atoms with Crippen molar-refractivity contribution in [3.63, 3.8) is 0 Å². The Morgan fingerprint density at radius 2 is 1.95 bits per heavy atom. The van der Waals surface area contributed by atoms with Crippen LogP contribution in [0.3, 0.4) is 0 Å². The second-order valence-electron chi connectivity index (χ2n) is 6.17. The van der Waals surface area contributed by atoms with Crippen molar-refractivity contribution >= 4 is 0 Å². The molecular weight excluding hydrogens is 272 g/mol. The maximum absolute atomic E-state index is 6.21. The van der Waals surface area contributed by atoms with Gasteiger partial charge in [0.15, 0.2) is 0 Å². The Hall–Kier alpha value is -1.28. The summed E-state index contributed by atoms with van der Waals surface area (Å²) in [6, 6.07) is 8.28. The van der Waals surface area contributed by atoms with Gasteiger partial charge in [-0.25, -0.2) is 0 Å². The van der Waals surface area contributed by atoms with Crippen LogP contribution in [-0.4, -0.2) is 18.8 Å². The fourth-order valence-corrected chi connectivity index (χ4v) is 2.18. The van der Waals surface area contributed by atoms with Crippen molar-refractivity contribution in [2.75, 3.05) is 13.2 Å². The molecule has 0 spiro atoms. The number of rotatable bonds is 11. The van der Waals surface area contributed by atoms with Gasteiger partial charge >= 0.3 is 0 Å². The van der Waals surface area contributed by atoms with E-state index in [0.717, 1.165) is 44.5 Å². The molecule has 0 saturated carbocycles. The molecule has 0 aliphatic rings. The molecule has 1 aromatic rings. The molecule has 0 saturated heterocycles. The van der Waals surface area contributed by atoms with Crippen LogP contribution in [0.4, 0.5) is 0 Å². The highest BCUT2D eigenvalue weighted by molar-refractivity contribution is 5.34. The second-order valence-corrected chi connectivity index (χ2v) is 6.17. The lowest BCUT2D eigenvalue weighted by molar-refractivity contribution is -0.00452. The zero-order valence-electron chi connectivity index (χ0n) is 14.4. The van der Waals surface area contributed by atoms with Crippen LogP contribution < -0.4 is 4.74 Å². The van der Waals surface area contributed by atoms with E-state index in [1.54, 1.807) is 0 Å². The predicted molar refractivity (Wildman–Crippen MR) is 94.3 cm³/mol. The molecule has 0 fully saturated rings. The van der Waals surface area contributed by atoms with Crippen LogP contribution in [0.15, 0.2) is 36.4 Å². The van der Waals surface area contributed by atoms with E-state index in [9.17, 15) is 0 Å². The summed E-state index contributed by atoms with van der Waals surface area (Å²) < 4.78 is 11.9. The van der Waals surface area contributed by atoms with Gasteiger partial charge in [-0.15, -0.1) is 0 Å². The van der Waals surface area contributed by atoms with Crippen LogP contribution in [0.1, 0.15) is 52.0 Å². The molecule has 0 unspecified atom stereocenters. The number of aryl methyl sites for hydroxylation is 1. The molecule has 0 heterocycles. The van der Waals surface area contributed by atoms with Crippen molar-refractivity contribution in [2.45, 2.75) is 58.5 Å². The van der Waals surface area contributed by atoms with Gasteiger partial charge in [0.25, 0.3) is 0 Å². The van der Waals surface area contributed by atoms with Crippen LogP contribution in [0.25, 0.3) is 0 Å². The molecule has 0 N–H and O–H groups in total. The Morgan fingerprint density at radius 1 is 1.18 bits per heavy atom. The largest absolute Gasteiger partial charge is 0.485 e. The maximum atomic E-state index is 6.21. The number of hydrogen-bond donors (Lipinski definition) is 0. The first kappa shape index (κ1) is 18.8. The van der Waals surface area contributed by atoms with E-state index < -0.39 is 0 Å². The van der Waals surface area contributed by atoms with Gasteiger partial charge in [0.1, 0.15) is 11.4 Å². The number of benzene rings is 1. The highest BCUT2D eigenvalue weighted by Gasteiger charge is 2.21. The van der Waals surface area contributed by atoms with E-state index in [1.165, 1.54) is 5.56 Å². The molecule has 2 heteroatoms. The quantitative estimate of drug-likeness (QED) is 0.404. The van der Waals surface area contributed by atoms with E-state index >= 15 is 0 Å². The van der Waals surface area contributed by atoms with E-state index in [2.05, 4.69) is 52.0 Å². The Bertz CT molecular complexity index is 435. The van der Waals surface area contributed by atoms with Crippen molar-refractivity contribution in [3.05, 3.63) is 48.9 Å². The van der Waals surface area contributed by atoms with Gasteiger partial charge in [-0.1, -0.05) is 43.7 Å². The van der Waals surface area contributed by atoms with Gasteiger partial charge in [-0.3, -0.25) is 0 Å². The minimum absolute atomic E-state index is 0.312. The van der Waals surface area contributed by atoms with Crippen LogP contribution in [-0.2, 0) is 11.2 Å². The van der Waals surface area contributed by atoms with Crippen molar-refractivity contribution in [2.24, 2.45) is 0 Å². The first-order chi connectivity index (χ1) is 10.6. The first-order valence-electron chi connectivity index (χ1n) is 8.38. The standard InChI is InChI=1S/C20H31O2/c1-5-7-9-10-13-18-14-11-12-15-19(18)22-20(3,4)17-21-16-8-6-2/h7,9,11-12,14-15H,1,5-6,8,10,13,16-17H2,2-4H3/b9-7+. The summed E-state index contributed by atoms with van der Waals surface area (Å²) in [5.41, 5.74) is 0.936. The minimum atomic E-state index is -0.312. The average molecular weight is 303 g/mol. The highest BCUT2D eigenvalue weighted by atomic mass is 16.5. The molecule has 0 aliphatic carbocycles. The van der Waals surface area contributed by atoms with Gasteiger partial charge < -0.3 is 9.47 Å². The van der Waals surface area contributed by atoms with Gasteiger partial charge in [-0.2, -0.15) is 0 Å². The monoisotopic (exact) mass is 303 g/mol. The zero-order chi connectivity index (χ0) is 16.3. The molecule has 2 nitrogen and oxygen atoms in total. The molecule has 0 aromatic heterocycles. The topological polar surface area (TPSA) is 18.5 Å². The molecule has 22 heavy (non-hydrogen) atoms. The highest BCUT2D eigenvalue weighted by Crippen LogP contribution is 2.24. The summed E-state index contributed by atoms with van der Waals surface area (Å²) in [7, 11) is 0. The number of allylic oxidation sites excluding steroid dienone is 2. The molecular formula is C20H31O2. The third-order valence-corrected chi connectivity index (χ3v) is 3.36. The van der Waals surface area contributed by atoms with Gasteiger partial charge in [0.2, 0.25) is 0 Å². The number of ether oxygens (including phenoxy) is 2. The summed E-state index contributed by atoms with van der Waals surface area (Å²) in [5.74, 6) is 0.967. The molecule has 1 rings (SSSR count). The maximum Gasteiger partial charge on any atom is 0.127 e. The normalized spacial score (nSPS) is 12.0. The molecule has 1 aromatic carbocycles. The second kappa shape index (κ2) is 10.4. The van der Waals surface area contributed by atoms with Crippen molar-refractivity contribution in [1.29, 1.82) is 0 Å². The van der Waals surface area contributed by atoms with E-state index in [1.807, 2.05) is 12.1 Å². The van der Waals surface area contributed by atoms with Gasteiger partial charge in [-0.05, 0) is 58.1 Å². The van der Waals surface area contributed by atoms with Gasteiger partial charge in [0.05, 0.1) is 6.61 Å². The summed E-state index contributed by atoms with van der Waals surface area (Å²) in [6.45, 7) is 11.6. The van der Waals surface area contributed by atoms with Gasteiger partial charge in [0, 0.05) is 6.61 Å². The molecule has 123 valence electrons. The molecule has 1 radical (unpaired) electrons. The molecule has 0 amide bonds. The summed E-state index contributed by atoms with van der Waals surface area (Å²) in [4.78, 5) is 0. The molecule has 0 atom stereocenters. The lowest BCUT2D eigenvalue weighted by Crippen LogP contribution is -2.34. The Kier molecular flexibility index (Phi) is 8.91. The summed E-state index contributed by atoms with van der Waals surface area (Å²) in [6.07, 6.45) is 9.40. The first-order valence-corrected chi connectivity index (χ1v) is 8.38. The lowest BCUT2D eigenvalue weighted by Gasteiger charge is -2.27. The van der Waals surface area contributed by atoms with E-state index in [4.69, 9.17) is 9.47 Å². The van der Waals surface area contributed by atoms with E-state index in [0.29, 0.717) is 6.61 Å². The average Bonchev–Trinajstić information content (AvgIpc) is 2.49. The van der Waals surface area contributed by atoms with Crippen molar-refractivity contribution in [1.82, 2.24) is 0 Å². The Balaban J connectivity index is 2.57. The SMILES string of the molecule is [CH2]C/C=C/CCc1ccccc1OC(C)(C)COCCCC. The lowest BCUT2D eigenvalue weighted by atomic mass is 10.1. The predicted octanol–water partition coefficient (Wildman–Crippen LogP) is 5.37. The smallest absolute Gasteiger partial charge is 0.127 e.